The van der Waals surface area contributed by atoms with Gasteiger partial charge in [-0.3, -0.25) is 14.5 Å². The molecule has 0 N–H and O–H groups in total. The second-order valence-electron chi connectivity index (χ2n) is 9.56. The van der Waals surface area contributed by atoms with Crippen LogP contribution in [0.25, 0.3) is 0 Å². The van der Waals surface area contributed by atoms with Crippen molar-refractivity contribution in [2.75, 3.05) is 33.3 Å². The summed E-state index contributed by atoms with van der Waals surface area (Å²) < 4.78 is 5.24. The lowest BCUT2D eigenvalue weighted by Gasteiger charge is -2.41. The van der Waals surface area contributed by atoms with Gasteiger partial charge < -0.3 is 14.5 Å². The third kappa shape index (κ3) is 5.56. The normalized spacial score (nSPS) is 18.8. The molecule has 2 aromatic rings. The number of hydrogen-bond acceptors (Lipinski definition) is 4. The maximum absolute atomic E-state index is 13.6. The molecule has 176 valence electrons. The Hall–Kier alpha value is -2.86. The first kappa shape index (κ1) is 23.3. The van der Waals surface area contributed by atoms with Crippen LogP contribution in [0.15, 0.2) is 48.5 Å². The fraction of sp³-hybridized carbons (Fsp3) is 0.481. The molecule has 2 aliphatic heterocycles. The fourth-order valence-corrected chi connectivity index (χ4v) is 4.80. The topological polar surface area (TPSA) is 53.1 Å². The summed E-state index contributed by atoms with van der Waals surface area (Å²) in [7, 11) is 1.67. The summed E-state index contributed by atoms with van der Waals surface area (Å²) in [6.07, 6.45) is 1.08. The minimum Gasteiger partial charge on any atom is -0.497 e. The quantitative estimate of drug-likeness (QED) is 0.679. The zero-order valence-corrected chi connectivity index (χ0v) is 20.0. The first-order valence-corrected chi connectivity index (χ1v) is 11.9. The van der Waals surface area contributed by atoms with Crippen molar-refractivity contribution in [1.82, 2.24) is 14.7 Å². The average molecular weight is 450 g/mol. The number of carbonyl (C=O) groups excluding carboxylic acids is 2. The van der Waals surface area contributed by atoms with Gasteiger partial charge in [0.05, 0.1) is 7.11 Å². The van der Waals surface area contributed by atoms with E-state index in [2.05, 4.69) is 43.0 Å². The maximum atomic E-state index is 13.6. The fourth-order valence-electron chi connectivity index (χ4n) is 4.80. The Morgan fingerprint density at radius 3 is 2.27 bits per heavy atom. The molecule has 33 heavy (non-hydrogen) atoms. The highest BCUT2D eigenvalue weighted by atomic mass is 16.5. The number of rotatable bonds is 6. The molecule has 0 radical (unpaired) electrons. The van der Waals surface area contributed by atoms with Crippen LogP contribution in [-0.2, 0) is 29.1 Å². The zero-order valence-electron chi connectivity index (χ0n) is 20.0. The van der Waals surface area contributed by atoms with Crippen LogP contribution in [0.5, 0.6) is 5.75 Å². The molecule has 6 nitrogen and oxygen atoms in total. The number of hydrogen-bond donors (Lipinski definition) is 0. The molecular formula is C27H35N3O3. The van der Waals surface area contributed by atoms with E-state index in [1.807, 2.05) is 34.1 Å². The number of nitrogens with zero attached hydrogens (tertiary/aromatic N) is 3. The zero-order chi connectivity index (χ0) is 23.4. The van der Waals surface area contributed by atoms with Crippen LogP contribution in [0.3, 0.4) is 0 Å². The van der Waals surface area contributed by atoms with Crippen LogP contribution in [-0.4, -0.2) is 65.8 Å². The molecule has 4 rings (SSSR count). The average Bonchev–Trinajstić information content (AvgIpc) is 2.83. The van der Waals surface area contributed by atoms with Gasteiger partial charge in [-0.1, -0.05) is 50.2 Å². The van der Waals surface area contributed by atoms with Crippen LogP contribution in [0, 0.1) is 5.92 Å². The second-order valence-corrected chi connectivity index (χ2v) is 9.56. The molecule has 2 aliphatic rings. The Labute approximate surface area is 197 Å². The van der Waals surface area contributed by atoms with Crippen LogP contribution >= 0.6 is 0 Å². The van der Waals surface area contributed by atoms with Gasteiger partial charge in [-0.15, -0.1) is 0 Å². The summed E-state index contributed by atoms with van der Waals surface area (Å²) in [5.41, 5.74) is 3.58. The monoisotopic (exact) mass is 449 g/mol. The summed E-state index contributed by atoms with van der Waals surface area (Å²) in [6, 6.07) is 15.9. The number of ether oxygens (including phenoxy) is 1. The Morgan fingerprint density at radius 1 is 0.970 bits per heavy atom. The smallest absolute Gasteiger partial charge is 0.245 e. The van der Waals surface area contributed by atoms with Crippen LogP contribution in [0.1, 0.15) is 37.0 Å². The standard InChI is InChI=1S/C27H35N3O3/c1-20(2)16-26(31)30-19-23-7-5-4-6-22(23)17-25(30)27(32)29-14-12-28(13-15-29)18-21-8-10-24(33-3)11-9-21/h4-11,20,25H,12-19H2,1-3H3. The molecule has 0 bridgehead atoms. The van der Waals surface area contributed by atoms with E-state index in [0.29, 0.717) is 32.5 Å². The predicted octanol–water partition coefficient (Wildman–Crippen LogP) is 3.34. The van der Waals surface area contributed by atoms with Crippen molar-refractivity contribution < 1.29 is 14.3 Å². The van der Waals surface area contributed by atoms with Gasteiger partial charge in [-0.2, -0.15) is 0 Å². The molecule has 2 amide bonds. The van der Waals surface area contributed by atoms with E-state index < -0.39 is 6.04 Å². The number of piperazine rings is 1. The number of carbonyl (C=O) groups is 2. The van der Waals surface area contributed by atoms with Gasteiger partial charge in [0.15, 0.2) is 0 Å². The van der Waals surface area contributed by atoms with E-state index in [1.165, 1.54) is 11.1 Å². The van der Waals surface area contributed by atoms with Gasteiger partial charge in [-0.05, 0) is 34.7 Å². The van der Waals surface area contributed by atoms with Crippen molar-refractivity contribution in [2.45, 2.75) is 45.8 Å². The van der Waals surface area contributed by atoms with Crippen LogP contribution < -0.4 is 4.74 Å². The first-order chi connectivity index (χ1) is 15.9. The molecular weight excluding hydrogens is 414 g/mol. The Bertz CT molecular complexity index is 965. The largest absolute Gasteiger partial charge is 0.497 e. The van der Waals surface area contributed by atoms with Gasteiger partial charge in [-0.25, -0.2) is 0 Å². The van der Waals surface area contributed by atoms with E-state index in [4.69, 9.17) is 4.74 Å². The van der Waals surface area contributed by atoms with Gasteiger partial charge in [0.25, 0.3) is 0 Å². The molecule has 2 aromatic carbocycles. The van der Waals surface area contributed by atoms with Crippen molar-refractivity contribution in [2.24, 2.45) is 5.92 Å². The molecule has 0 saturated carbocycles. The van der Waals surface area contributed by atoms with Crippen molar-refractivity contribution in [3.05, 3.63) is 65.2 Å². The summed E-state index contributed by atoms with van der Waals surface area (Å²) in [4.78, 5) is 32.8. The van der Waals surface area contributed by atoms with Gasteiger partial charge in [0.1, 0.15) is 11.8 Å². The molecule has 6 heteroatoms. The lowest BCUT2D eigenvalue weighted by molar-refractivity contribution is -0.148. The molecule has 1 unspecified atom stereocenters. The summed E-state index contributed by atoms with van der Waals surface area (Å²) in [5.74, 6) is 1.30. The molecule has 1 saturated heterocycles. The van der Waals surface area contributed by atoms with Gasteiger partial charge in [0.2, 0.25) is 11.8 Å². The van der Waals surface area contributed by atoms with Crippen molar-refractivity contribution in [3.63, 3.8) is 0 Å². The van der Waals surface area contributed by atoms with E-state index in [9.17, 15) is 9.59 Å². The van der Waals surface area contributed by atoms with Crippen molar-refractivity contribution >= 4 is 11.8 Å². The SMILES string of the molecule is COc1ccc(CN2CCN(C(=O)C3Cc4ccccc4CN3C(=O)CC(C)C)CC2)cc1. The summed E-state index contributed by atoms with van der Waals surface area (Å²) in [6.45, 7) is 8.54. The van der Waals surface area contributed by atoms with Crippen LogP contribution in [0.2, 0.25) is 0 Å². The summed E-state index contributed by atoms with van der Waals surface area (Å²) >= 11 is 0. The number of benzene rings is 2. The van der Waals surface area contributed by atoms with E-state index in [-0.39, 0.29) is 17.7 Å². The predicted molar refractivity (Wildman–Crippen MR) is 129 cm³/mol. The second kappa shape index (κ2) is 10.4. The van der Waals surface area contributed by atoms with Crippen molar-refractivity contribution in [3.8, 4) is 5.75 Å². The van der Waals surface area contributed by atoms with E-state index in [0.717, 1.165) is 30.9 Å². The van der Waals surface area contributed by atoms with Gasteiger partial charge >= 0.3 is 0 Å². The highest BCUT2D eigenvalue weighted by molar-refractivity contribution is 5.88. The Morgan fingerprint density at radius 2 is 1.64 bits per heavy atom. The lowest BCUT2D eigenvalue weighted by atomic mass is 9.92. The molecule has 0 aliphatic carbocycles. The Balaban J connectivity index is 1.40. The molecule has 2 heterocycles. The van der Waals surface area contributed by atoms with Gasteiger partial charge in [0, 0.05) is 52.1 Å². The lowest BCUT2D eigenvalue weighted by Crippen LogP contribution is -2.57. The summed E-state index contributed by atoms with van der Waals surface area (Å²) in [5, 5.41) is 0. The van der Waals surface area contributed by atoms with E-state index in [1.54, 1.807) is 7.11 Å². The molecule has 0 aromatic heterocycles. The Kier molecular flexibility index (Phi) is 7.33. The molecule has 1 fully saturated rings. The highest BCUT2D eigenvalue weighted by Crippen LogP contribution is 2.26. The minimum absolute atomic E-state index is 0.0796. The number of fused-ring (bicyclic) bond motifs is 1. The van der Waals surface area contributed by atoms with Crippen LogP contribution in [0.4, 0.5) is 0 Å². The minimum atomic E-state index is -0.403. The third-order valence-electron chi connectivity index (χ3n) is 6.69. The van der Waals surface area contributed by atoms with E-state index >= 15 is 0 Å². The van der Waals surface area contributed by atoms with Crippen molar-refractivity contribution in [1.29, 1.82) is 0 Å². The number of amides is 2. The molecule has 0 spiro atoms. The maximum Gasteiger partial charge on any atom is 0.245 e. The highest BCUT2D eigenvalue weighted by Gasteiger charge is 2.37. The third-order valence-corrected chi connectivity index (χ3v) is 6.69. The number of methoxy groups -OCH3 is 1. The first-order valence-electron chi connectivity index (χ1n) is 11.9. The molecule has 1 atom stereocenters.